The highest BCUT2D eigenvalue weighted by Crippen LogP contribution is 2.21. The van der Waals surface area contributed by atoms with Gasteiger partial charge >= 0.3 is 0 Å². The summed E-state index contributed by atoms with van der Waals surface area (Å²) in [5.74, 6) is -0.497. The van der Waals surface area contributed by atoms with Gasteiger partial charge in [0.25, 0.3) is 0 Å². The lowest BCUT2D eigenvalue weighted by Crippen LogP contribution is -1.91. The van der Waals surface area contributed by atoms with E-state index in [2.05, 4.69) is 5.16 Å². The molecule has 0 aliphatic rings. The van der Waals surface area contributed by atoms with Crippen molar-refractivity contribution in [2.24, 2.45) is 5.16 Å². The molecule has 0 atom stereocenters. The molecule has 2 nitrogen and oxygen atoms in total. The zero-order chi connectivity index (χ0) is 9.14. The monoisotopic (exact) mass is 187 g/mol. The van der Waals surface area contributed by atoms with E-state index < -0.39 is 5.82 Å². The lowest BCUT2D eigenvalue weighted by atomic mass is 10.1. The Morgan fingerprint density at radius 1 is 1.58 bits per heavy atom. The van der Waals surface area contributed by atoms with E-state index in [1.807, 2.05) is 0 Å². The summed E-state index contributed by atoms with van der Waals surface area (Å²) in [4.78, 5) is 0. The number of oxime groups is 1. The third kappa shape index (κ3) is 1.56. The smallest absolute Gasteiger partial charge is 0.133 e. The molecule has 0 aliphatic carbocycles. The van der Waals surface area contributed by atoms with Crippen LogP contribution in [0.2, 0.25) is 5.02 Å². The highest BCUT2D eigenvalue weighted by atomic mass is 35.5. The van der Waals surface area contributed by atoms with Crippen molar-refractivity contribution in [3.8, 4) is 0 Å². The van der Waals surface area contributed by atoms with E-state index in [-0.39, 0.29) is 10.6 Å². The maximum absolute atomic E-state index is 12.9. The van der Waals surface area contributed by atoms with Gasteiger partial charge in [-0.25, -0.2) is 4.39 Å². The molecule has 1 N–H and O–H groups in total. The number of halogens is 2. The zero-order valence-electron chi connectivity index (χ0n) is 6.38. The van der Waals surface area contributed by atoms with Crippen LogP contribution >= 0.6 is 11.6 Å². The van der Waals surface area contributed by atoms with Gasteiger partial charge in [0.2, 0.25) is 0 Å². The van der Waals surface area contributed by atoms with Gasteiger partial charge in [-0.15, -0.1) is 0 Å². The second kappa shape index (κ2) is 3.54. The molecule has 0 unspecified atom stereocenters. The average Bonchev–Trinajstić information content (AvgIpc) is 2.06. The minimum Gasteiger partial charge on any atom is -0.411 e. The average molecular weight is 188 g/mol. The first kappa shape index (κ1) is 9.00. The standard InChI is InChI=1S/C8H7ClFNO/c1-5-2-3-7(10)6(4-11-12)8(5)9/h2-4,12H,1H3. The Balaban J connectivity index is 3.32. The van der Waals surface area contributed by atoms with E-state index >= 15 is 0 Å². The summed E-state index contributed by atoms with van der Waals surface area (Å²) in [6, 6.07) is 2.84. The van der Waals surface area contributed by atoms with Crippen LogP contribution in [0, 0.1) is 12.7 Å². The van der Waals surface area contributed by atoms with Crippen molar-refractivity contribution in [3.05, 3.63) is 34.1 Å². The summed E-state index contributed by atoms with van der Waals surface area (Å²) in [7, 11) is 0. The Morgan fingerprint density at radius 3 is 2.83 bits per heavy atom. The van der Waals surface area contributed by atoms with Gasteiger partial charge in [-0.3, -0.25) is 0 Å². The molecular weight excluding hydrogens is 181 g/mol. The number of rotatable bonds is 1. The summed E-state index contributed by atoms with van der Waals surface area (Å²) >= 11 is 5.73. The quantitative estimate of drug-likeness (QED) is 0.409. The van der Waals surface area contributed by atoms with Crippen molar-refractivity contribution in [2.75, 3.05) is 0 Å². The van der Waals surface area contributed by atoms with Crippen molar-refractivity contribution < 1.29 is 9.60 Å². The van der Waals surface area contributed by atoms with Crippen molar-refractivity contribution in [3.63, 3.8) is 0 Å². The lowest BCUT2D eigenvalue weighted by Gasteiger charge is -2.01. The van der Waals surface area contributed by atoms with E-state index in [9.17, 15) is 4.39 Å². The van der Waals surface area contributed by atoms with E-state index in [0.717, 1.165) is 11.8 Å². The minimum absolute atomic E-state index is 0.110. The maximum atomic E-state index is 12.9. The number of hydrogen-bond donors (Lipinski definition) is 1. The van der Waals surface area contributed by atoms with Crippen LogP contribution in [-0.2, 0) is 0 Å². The maximum Gasteiger partial charge on any atom is 0.133 e. The predicted molar refractivity (Wildman–Crippen MR) is 45.5 cm³/mol. The second-order valence-corrected chi connectivity index (χ2v) is 2.71. The van der Waals surface area contributed by atoms with Gasteiger partial charge in [-0.2, -0.15) is 0 Å². The third-order valence-electron chi connectivity index (χ3n) is 1.51. The van der Waals surface area contributed by atoms with Gasteiger partial charge < -0.3 is 5.21 Å². The van der Waals surface area contributed by atoms with Crippen LogP contribution in [-0.4, -0.2) is 11.4 Å². The Labute approximate surface area is 74.3 Å². The fourth-order valence-corrected chi connectivity index (χ4v) is 1.06. The highest BCUT2D eigenvalue weighted by molar-refractivity contribution is 6.33. The van der Waals surface area contributed by atoms with E-state index in [0.29, 0.717) is 0 Å². The first-order valence-corrected chi connectivity index (χ1v) is 3.66. The molecule has 1 rings (SSSR count). The van der Waals surface area contributed by atoms with Gasteiger partial charge in [0.05, 0.1) is 16.8 Å². The van der Waals surface area contributed by atoms with E-state index in [4.69, 9.17) is 16.8 Å². The summed E-state index contributed by atoms with van der Waals surface area (Å²) in [5, 5.41) is 11.2. The van der Waals surface area contributed by atoms with Crippen LogP contribution < -0.4 is 0 Å². The first-order valence-electron chi connectivity index (χ1n) is 3.29. The van der Waals surface area contributed by atoms with Crippen LogP contribution in [0.1, 0.15) is 11.1 Å². The summed E-state index contributed by atoms with van der Waals surface area (Å²) < 4.78 is 12.9. The van der Waals surface area contributed by atoms with Crippen molar-refractivity contribution >= 4 is 17.8 Å². The Hall–Kier alpha value is -1.09. The molecule has 0 amide bonds. The normalized spacial score (nSPS) is 10.9. The molecule has 0 saturated carbocycles. The Bertz CT molecular complexity index is 325. The molecule has 12 heavy (non-hydrogen) atoms. The van der Waals surface area contributed by atoms with Crippen LogP contribution in [0.4, 0.5) is 4.39 Å². The van der Waals surface area contributed by atoms with E-state index in [1.54, 1.807) is 13.0 Å². The molecule has 1 aromatic carbocycles. The number of hydrogen-bond acceptors (Lipinski definition) is 2. The van der Waals surface area contributed by atoms with Gasteiger partial charge in [-0.05, 0) is 18.6 Å². The number of nitrogens with zero attached hydrogens (tertiary/aromatic N) is 1. The molecule has 1 aromatic rings. The Kier molecular flexibility index (Phi) is 2.65. The molecule has 0 bridgehead atoms. The third-order valence-corrected chi connectivity index (χ3v) is 2.01. The predicted octanol–water partition coefficient (Wildman–Crippen LogP) is 2.60. The first-order chi connectivity index (χ1) is 5.66. The largest absolute Gasteiger partial charge is 0.411 e. The number of aryl methyl sites for hydroxylation is 1. The fraction of sp³-hybridized carbons (Fsp3) is 0.125. The van der Waals surface area contributed by atoms with Crippen LogP contribution in [0.15, 0.2) is 17.3 Å². The summed E-state index contributed by atoms with van der Waals surface area (Å²) in [6.07, 6.45) is 0.977. The topological polar surface area (TPSA) is 32.6 Å². The molecule has 64 valence electrons. The van der Waals surface area contributed by atoms with Crippen molar-refractivity contribution in [1.29, 1.82) is 0 Å². The molecule has 0 aromatic heterocycles. The van der Waals surface area contributed by atoms with Crippen molar-refractivity contribution in [2.45, 2.75) is 6.92 Å². The van der Waals surface area contributed by atoms with Gasteiger partial charge in [0, 0.05) is 0 Å². The van der Waals surface area contributed by atoms with Gasteiger partial charge in [0.1, 0.15) is 5.82 Å². The number of benzene rings is 1. The highest BCUT2D eigenvalue weighted by Gasteiger charge is 2.06. The van der Waals surface area contributed by atoms with E-state index in [1.165, 1.54) is 6.07 Å². The molecule has 0 spiro atoms. The van der Waals surface area contributed by atoms with Crippen LogP contribution in [0.5, 0.6) is 0 Å². The van der Waals surface area contributed by atoms with Crippen LogP contribution in [0.25, 0.3) is 0 Å². The molecule has 0 radical (unpaired) electrons. The van der Waals surface area contributed by atoms with Crippen LogP contribution in [0.3, 0.4) is 0 Å². The minimum atomic E-state index is -0.497. The fourth-order valence-electron chi connectivity index (χ4n) is 0.854. The second-order valence-electron chi connectivity index (χ2n) is 2.34. The SMILES string of the molecule is Cc1ccc(F)c(C=NO)c1Cl. The lowest BCUT2D eigenvalue weighted by molar-refractivity contribution is 0.321. The molecular formula is C8H7ClFNO. The van der Waals surface area contributed by atoms with Crippen molar-refractivity contribution in [1.82, 2.24) is 0 Å². The van der Waals surface area contributed by atoms with Gasteiger partial charge in [-0.1, -0.05) is 22.8 Å². The molecule has 0 fully saturated rings. The van der Waals surface area contributed by atoms with Gasteiger partial charge in [0.15, 0.2) is 0 Å². The summed E-state index contributed by atoms with van der Waals surface area (Å²) in [6.45, 7) is 1.75. The molecule has 0 aliphatic heterocycles. The molecule has 0 heterocycles. The molecule has 4 heteroatoms. The zero-order valence-corrected chi connectivity index (χ0v) is 7.14. The molecule has 0 saturated heterocycles. The summed E-state index contributed by atoms with van der Waals surface area (Å²) in [5.41, 5.74) is 0.854. The Morgan fingerprint density at radius 2 is 2.25 bits per heavy atom.